The molecule has 2 aromatic rings. The van der Waals surface area contributed by atoms with Gasteiger partial charge in [0.1, 0.15) is 5.82 Å². The highest BCUT2D eigenvalue weighted by Crippen LogP contribution is 2.17. The van der Waals surface area contributed by atoms with Gasteiger partial charge in [0.15, 0.2) is 0 Å². The smallest absolute Gasteiger partial charge is 0.129 e. The Morgan fingerprint density at radius 3 is 2.81 bits per heavy atom. The number of anilines is 1. The number of aromatic amines is 1. The van der Waals surface area contributed by atoms with Gasteiger partial charge < -0.3 is 5.32 Å². The molecular formula is C11H13BrN4. The molecule has 84 valence electrons. The quantitative estimate of drug-likeness (QED) is 0.909. The van der Waals surface area contributed by atoms with Gasteiger partial charge in [-0.15, -0.1) is 0 Å². The van der Waals surface area contributed by atoms with E-state index in [1.54, 1.807) is 6.20 Å². The molecule has 0 atom stereocenters. The molecule has 2 rings (SSSR count). The molecule has 0 radical (unpaired) electrons. The zero-order valence-electron chi connectivity index (χ0n) is 9.21. The van der Waals surface area contributed by atoms with Gasteiger partial charge in [0, 0.05) is 28.5 Å². The van der Waals surface area contributed by atoms with Crippen molar-refractivity contribution in [3.63, 3.8) is 0 Å². The summed E-state index contributed by atoms with van der Waals surface area (Å²) in [5.41, 5.74) is 3.36. The van der Waals surface area contributed by atoms with Gasteiger partial charge in [-0.3, -0.25) is 5.10 Å². The highest BCUT2D eigenvalue weighted by atomic mass is 79.9. The van der Waals surface area contributed by atoms with E-state index in [9.17, 15) is 0 Å². The van der Waals surface area contributed by atoms with E-state index in [4.69, 9.17) is 0 Å². The molecule has 0 amide bonds. The molecule has 16 heavy (non-hydrogen) atoms. The maximum atomic E-state index is 4.32. The van der Waals surface area contributed by atoms with Crippen LogP contribution in [0, 0.1) is 13.8 Å². The topological polar surface area (TPSA) is 53.6 Å². The molecule has 0 spiro atoms. The van der Waals surface area contributed by atoms with E-state index < -0.39 is 0 Å². The van der Waals surface area contributed by atoms with E-state index in [0.717, 1.165) is 33.7 Å². The van der Waals surface area contributed by atoms with Crippen molar-refractivity contribution in [3.8, 4) is 0 Å². The fourth-order valence-corrected chi connectivity index (χ4v) is 1.90. The lowest BCUT2D eigenvalue weighted by molar-refractivity contribution is 1.03. The first-order valence-corrected chi connectivity index (χ1v) is 5.81. The third-order valence-corrected chi connectivity index (χ3v) is 2.86. The number of pyridine rings is 1. The van der Waals surface area contributed by atoms with Crippen LogP contribution in [0.15, 0.2) is 22.9 Å². The lowest BCUT2D eigenvalue weighted by atomic mass is 10.2. The van der Waals surface area contributed by atoms with Crippen molar-refractivity contribution >= 4 is 21.7 Å². The van der Waals surface area contributed by atoms with Crippen LogP contribution in [-0.2, 0) is 6.54 Å². The predicted molar refractivity (Wildman–Crippen MR) is 67.3 cm³/mol. The maximum Gasteiger partial charge on any atom is 0.129 e. The fraction of sp³-hybridized carbons (Fsp3) is 0.273. The Kier molecular flexibility index (Phi) is 3.24. The summed E-state index contributed by atoms with van der Waals surface area (Å²) in [6.07, 6.45) is 3.62. The molecule has 4 nitrogen and oxygen atoms in total. The van der Waals surface area contributed by atoms with Crippen LogP contribution >= 0.6 is 15.9 Å². The molecule has 0 fully saturated rings. The molecule has 2 aromatic heterocycles. The molecule has 0 aliphatic carbocycles. The van der Waals surface area contributed by atoms with E-state index in [1.807, 2.05) is 26.1 Å². The van der Waals surface area contributed by atoms with E-state index >= 15 is 0 Å². The summed E-state index contributed by atoms with van der Waals surface area (Å²) >= 11 is 3.39. The van der Waals surface area contributed by atoms with E-state index in [0.29, 0.717) is 0 Å². The normalized spacial score (nSPS) is 10.4. The highest BCUT2D eigenvalue weighted by Gasteiger charge is 2.03. The number of rotatable bonds is 3. The standard InChI is InChI=1S/C11H13BrN4/c1-7-3-10(12)6-14-11(7)13-4-9-5-15-16-8(9)2/h3,5-6H,4H2,1-2H3,(H,13,14)(H,15,16). The molecule has 0 saturated heterocycles. The molecule has 2 N–H and O–H groups in total. The number of nitrogens with zero attached hydrogens (tertiary/aromatic N) is 2. The second kappa shape index (κ2) is 4.65. The van der Waals surface area contributed by atoms with Crippen molar-refractivity contribution in [1.82, 2.24) is 15.2 Å². The Hall–Kier alpha value is -1.36. The summed E-state index contributed by atoms with van der Waals surface area (Å²) in [5.74, 6) is 0.906. The van der Waals surface area contributed by atoms with Gasteiger partial charge in [-0.1, -0.05) is 0 Å². The number of hydrogen-bond donors (Lipinski definition) is 2. The van der Waals surface area contributed by atoms with Crippen LogP contribution in [0.5, 0.6) is 0 Å². The van der Waals surface area contributed by atoms with Crippen LogP contribution in [0.2, 0.25) is 0 Å². The second-order valence-electron chi connectivity index (χ2n) is 3.69. The first-order valence-electron chi connectivity index (χ1n) is 5.01. The van der Waals surface area contributed by atoms with E-state index in [-0.39, 0.29) is 0 Å². The molecule has 0 aliphatic heterocycles. The van der Waals surface area contributed by atoms with Crippen LogP contribution in [-0.4, -0.2) is 15.2 Å². The van der Waals surface area contributed by atoms with Gasteiger partial charge in [0.2, 0.25) is 0 Å². The summed E-state index contributed by atoms with van der Waals surface area (Å²) in [6.45, 7) is 4.77. The van der Waals surface area contributed by atoms with Crippen molar-refractivity contribution in [2.45, 2.75) is 20.4 Å². The Balaban J connectivity index is 2.08. The number of halogens is 1. The van der Waals surface area contributed by atoms with Crippen LogP contribution in [0.4, 0.5) is 5.82 Å². The molecule has 0 aromatic carbocycles. The van der Waals surface area contributed by atoms with Gasteiger partial charge in [-0.25, -0.2) is 4.98 Å². The minimum absolute atomic E-state index is 0.734. The Morgan fingerprint density at radius 2 is 2.19 bits per heavy atom. The largest absolute Gasteiger partial charge is 0.366 e. The van der Waals surface area contributed by atoms with E-state index in [2.05, 4.69) is 36.4 Å². The van der Waals surface area contributed by atoms with Crippen molar-refractivity contribution < 1.29 is 0 Å². The Morgan fingerprint density at radius 1 is 1.38 bits per heavy atom. The molecule has 5 heteroatoms. The number of nitrogens with one attached hydrogen (secondary N) is 2. The van der Waals surface area contributed by atoms with E-state index in [1.165, 1.54) is 0 Å². The van der Waals surface area contributed by atoms with Crippen molar-refractivity contribution in [1.29, 1.82) is 0 Å². The van der Waals surface area contributed by atoms with Crippen molar-refractivity contribution in [3.05, 3.63) is 39.8 Å². The Labute approximate surface area is 103 Å². The number of aromatic nitrogens is 3. The average molecular weight is 281 g/mol. The molecule has 2 heterocycles. The maximum absolute atomic E-state index is 4.32. The summed E-state index contributed by atoms with van der Waals surface area (Å²) in [4.78, 5) is 4.32. The van der Waals surface area contributed by atoms with Crippen LogP contribution in [0.3, 0.4) is 0 Å². The molecule has 0 aliphatic rings. The molecule has 0 saturated carbocycles. The molecule has 0 unspecified atom stereocenters. The number of H-pyrrole nitrogens is 1. The predicted octanol–water partition coefficient (Wildman–Crippen LogP) is 2.80. The summed E-state index contributed by atoms with van der Waals surface area (Å²) in [6, 6.07) is 2.04. The first-order chi connectivity index (χ1) is 7.66. The third kappa shape index (κ3) is 2.41. The minimum atomic E-state index is 0.734. The summed E-state index contributed by atoms with van der Waals surface area (Å²) in [5, 5.41) is 10.2. The van der Waals surface area contributed by atoms with Crippen molar-refractivity contribution in [2.75, 3.05) is 5.32 Å². The average Bonchev–Trinajstić information content (AvgIpc) is 2.63. The lowest BCUT2D eigenvalue weighted by Crippen LogP contribution is -2.03. The SMILES string of the molecule is Cc1cc(Br)cnc1NCc1cn[nH]c1C. The number of aryl methyl sites for hydroxylation is 2. The van der Waals surface area contributed by atoms with Gasteiger partial charge in [0.25, 0.3) is 0 Å². The van der Waals surface area contributed by atoms with Crippen molar-refractivity contribution in [2.24, 2.45) is 0 Å². The third-order valence-electron chi connectivity index (χ3n) is 2.43. The summed E-state index contributed by atoms with van der Waals surface area (Å²) < 4.78 is 0.995. The minimum Gasteiger partial charge on any atom is -0.366 e. The second-order valence-corrected chi connectivity index (χ2v) is 4.61. The molecule has 0 bridgehead atoms. The zero-order valence-corrected chi connectivity index (χ0v) is 10.8. The fourth-order valence-electron chi connectivity index (χ4n) is 1.46. The number of hydrogen-bond acceptors (Lipinski definition) is 3. The monoisotopic (exact) mass is 280 g/mol. The van der Waals surface area contributed by atoms with Gasteiger partial charge in [-0.2, -0.15) is 5.10 Å². The lowest BCUT2D eigenvalue weighted by Gasteiger charge is -2.07. The summed E-state index contributed by atoms with van der Waals surface area (Å²) in [7, 11) is 0. The zero-order chi connectivity index (χ0) is 11.5. The van der Waals surface area contributed by atoms with Crippen LogP contribution < -0.4 is 5.32 Å². The molecular weight excluding hydrogens is 268 g/mol. The first kappa shape index (κ1) is 11.1. The van der Waals surface area contributed by atoms with Gasteiger partial charge in [0.05, 0.1) is 6.20 Å². The van der Waals surface area contributed by atoms with Crippen LogP contribution in [0.25, 0.3) is 0 Å². The van der Waals surface area contributed by atoms with Crippen LogP contribution in [0.1, 0.15) is 16.8 Å². The Bertz CT molecular complexity index is 492. The highest BCUT2D eigenvalue weighted by molar-refractivity contribution is 9.10. The van der Waals surface area contributed by atoms with Gasteiger partial charge in [-0.05, 0) is 41.4 Å². The van der Waals surface area contributed by atoms with Gasteiger partial charge >= 0.3 is 0 Å².